The molecule has 10 heavy (non-hydrogen) atoms. The Morgan fingerprint density at radius 1 is 1.00 bits per heavy atom. The SMILES string of the molecule is C1=CC2C(C1)[C@H]1C=C[C@H]2C1. The molecule has 0 aliphatic heterocycles. The van der Waals surface area contributed by atoms with E-state index in [9.17, 15) is 0 Å². The van der Waals surface area contributed by atoms with E-state index in [4.69, 9.17) is 0 Å². The topological polar surface area (TPSA) is 0 Å². The lowest BCUT2D eigenvalue weighted by Crippen LogP contribution is -2.12. The van der Waals surface area contributed by atoms with Gasteiger partial charge in [-0.1, -0.05) is 24.3 Å². The number of fused-ring (bicyclic) bond motifs is 5. The van der Waals surface area contributed by atoms with Crippen molar-refractivity contribution in [3.8, 4) is 0 Å². The van der Waals surface area contributed by atoms with Crippen LogP contribution in [0.2, 0.25) is 0 Å². The summed E-state index contributed by atoms with van der Waals surface area (Å²) in [5, 5.41) is 0. The van der Waals surface area contributed by atoms with E-state index < -0.39 is 0 Å². The van der Waals surface area contributed by atoms with Crippen molar-refractivity contribution in [2.75, 3.05) is 0 Å². The predicted molar refractivity (Wildman–Crippen MR) is 41.5 cm³/mol. The summed E-state index contributed by atoms with van der Waals surface area (Å²) in [5.41, 5.74) is 0. The molecule has 0 heterocycles. The van der Waals surface area contributed by atoms with Crippen molar-refractivity contribution in [2.45, 2.75) is 12.8 Å². The van der Waals surface area contributed by atoms with Crippen LogP contribution in [0.25, 0.3) is 0 Å². The van der Waals surface area contributed by atoms with Gasteiger partial charge in [0.15, 0.2) is 0 Å². The summed E-state index contributed by atoms with van der Waals surface area (Å²) < 4.78 is 0. The van der Waals surface area contributed by atoms with Gasteiger partial charge >= 0.3 is 0 Å². The van der Waals surface area contributed by atoms with Gasteiger partial charge in [0.05, 0.1) is 0 Å². The lowest BCUT2D eigenvalue weighted by atomic mass is 9.86. The number of hydrogen-bond donors (Lipinski definition) is 0. The lowest BCUT2D eigenvalue weighted by Gasteiger charge is -2.18. The smallest absolute Gasteiger partial charge is 0.0133 e. The highest BCUT2D eigenvalue weighted by molar-refractivity contribution is 5.21. The average Bonchev–Trinajstić information content (AvgIpc) is 2.60. The Labute approximate surface area is 61.6 Å². The zero-order valence-corrected chi connectivity index (χ0v) is 6.03. The first kappa shape index (κ1) is 5.17. The van der Waals surface area contributed by atoms with E-state index in [0.29, 0.717) is 0 Å². The molecule has 3 rings (SSSR count). The van der Waals surface area contributed by atoms with E-state index in [1.807, 2.05) is 0 Å². The van der Waals surface area contributed by atoms with Crippen molar-refractivity contribution in [1.29, 1.82) is 0 Å². The first-order valence-electron chi connectivity index (χ1n) is 4.30. The molecule has 0 aromatic rings. The third-order valence-corrected chi connectivity index (χ3v) is 3.46. The fourth-order valence-electron chi connectivity index (χ4n) is 2.97. The van der Waals surface area contributed by atoms with Gasteiger partial charge in [-0.3, -0.25) is 0 Å². The Bertz CT molecular complexity index is 212. The van der Waals surface area contributed by atoms with Gasteiger partial charge in [0, 0.05) is 0 Å². The van der Waals surface area contributed by atoms with Crippen LogP contribution in [-0.2, 0) is 0 Å². The molecule has 0 heteroatoms. The highest BCUT2D eigenvalue weighted by atomic mass is 14.5. The monoisotopic (exact) mass is 132 g/mol. The lowest BCUT2D eigenvalue weighted by molar-refractivity contribution is 0.398. The van der Waals surface area contributed by atoms with Crippen molar-refractivity contribution >= 4 is 0 Å². The Hall–Kier alpha value is -0.520. The van der Waals surface area contributed by atoms with Gasteiger partial charge in [0.1, 0.15) is 0 Å². The molecule has 52 valence electrons. The third-order valence-electron chi connectivity index (χ3n) is 3.46. The number of allylic oxidation sites excluding steroid dienone is 4. The molecule has 0 saturated heterocycles. The zero-order chi connectivity index (χ0) is 6.55. The van der Waals surface area contributed by atoms with Gasteiger partial charge in [0.25, 0.3) is 0 Å². The first-order chi connectivity index (χ1) is 4.95. The van der Waals surface area contributed by atoms with Gasteiger partial charge in [0.2, 0.25) is 0 Å². The second-order valence-corrected chi connectivity index (χ2v) is 3.85. The Morgan fingerprint density at radius 3 is 2.80 bits per heavy atom. The minimum Gasteiger partial charge on any atom is -0.0879 e. The Balaban J connectivity index is 2.04. The first-order valence-corrected chi connectivity index (χ1v) is 4.30. The van der Waals surface area contributed by atoms with Crippen molar-refractivity contribution in [3.05, 3.63) is 24.3 Å². The molecule has 0 aromatic heterocycles. The Morgan fingerprint density at radius 2 is 1.90 bits per heavy atom. The van der Waals surface area contributed by atoms with Crippen LogP contribution in [-0.4, -0.2) is 0 Å². The van der Waals surface area contributed by atoms with Crippen LogP contribution < -0.4 is 0 Å². The highest BCUT2D eigenvalue weighted by Gasteiger charge is 2.44. The standard InChI is InChI=1S/C10H12/c1-2-9-7-4-5-8(6-7)10(9)3-1/h1-2,4-5,7-10H,3,6H2/t7-,8-,9?,10?/m0/s1. The molecular weight excluding hydrogens is 120 g/mol. The second kappa shape index (κ2) is 1.55. The van der Waals surface area contributed by atoms with Crippen molar-refractivity contribution in [2.24, 2.45) is 23.7 Å². The van der Waals surface area contributed by atoms with Crippen molar-refractivity contribution in [1.82, 2.24) is 0 Å². The summed E-state index contributed by atoms with van der Waals surface area (Å²) in [7, 11) is 0. The molecular formula is C10H12. The quantitative estimate of drug-likeness (QED) is 0.444. The summed E-state index contributed by atoms with van der Waals surface area (Å²) in [5.74, 6) is 3.82. The molecule has 0 aromatic carbocycles. The molecule has 3 aliphatic rings. The number of hydrogen-bond acceptors (Lipinski definition) is 0. The summed E-state index contributed by atoms with van der Waals surface area (Å²) >= 11 is 0. The van der Waals surface area contributed by atoms with Gasteiger partial charge in [-0.15, -0.1) is 0 Å². The fraction of sp³-hybridized carbons (Fsp3) is 0.600. The minimum atomic E-state index is 0.925. The van der Waals surface area contributed by atoms with Gasteiger partial charge in [-0.2, -0.15) is 0 Å². The van der Waals surface area contributed by atoms with Gasteiger partial charge < -0.3 is 0 Å². The molecule has 0 amide bonds. The molecule has 2 bridgehead atoms. The second-order valence-electron chi connectivity index (χ2n) is 3.85. The molecule has 3 aliphatic carbocycles. The van der Waals surface area contributed by atoms with Gasteiger partial charge in [-0.25, -0.2) is 0 Å². The molecule has 1 saturated carbocycles. The Kier molecular flexibility index (Phi) is 0.803. The maximum atomic E-state index is 2.44. The maximum Gasteiger partial charge on any atom is -0.0133 e. The number of rotatable bonds is 0. The molecule has 0 radical (unpaired) electrons. The summed E-state index contributed by atoms with van der Waals surface area (Å²) in [4.78, 5) is 0. The zero-order valence-electron chi connectivity index (χ0n) is 6.03. The highest BCUT2D eigenvalue weighted by Crippen LogP contribution is 2.52. The van der Waals surface area contributed by atoms with E-state index in [1.165, 1.54) is 12.8 Å². The van der Waals surface area contributed by atoms with Gasteiger partial charge in [-0.05, 0) is 36.5 Å². The molecule has 0 nitrogen and oxygen atoms in total. The van der Waals surface area contributed by atoms with E-state index >= 15 is 0 Å². The van der Waals surface area contributed by atoms with Crippen LogP contribution in [0.1, 0.15) is 12.8 Å². The predicted octanol–water partition coefficient (Wildman–Crippen LogP) is 2.38. The fourth-order valence-corrected chi connectivity index (χ4v) is 2.97. The maximum absolute atomic E-state index is 2.44. The van der Waals surface area contributed by atoms with Crippen LogP contribution in [0.15, 0.2) is 24.3 Å². The van der Waals surface area contributed by atoms with E-state index in [2.05, 4.69) is 24.3 Å². The summed E-state index contributed by atoms with van der Waals surface area (Å²) in [6.45, 7) is 0. The van der Waals surface area contributed by atoms with E-state index in [1.54, 1.807) is 0 Å². The molecule has 0 N–H and O–H groups in total. The minimum absolute atomic E-state index is 0.925. The van der Waals surface area contributed by atoms with E-state index in [-0.39, 0.29) is 0 Å². The summed E-state index contributed by atoms with van der Waals surface area (Å²) in [6, 6.07) is 0. The van der Waals surface area contributed by atoms with Crippen molar-refractivity contribution in [3.63, 3.8) is 0 Å². The summed E-state index contributed by atoms with van der Waals surface area (Å²) in [6.07, 6.45) is 12.5. The van der Waals surface area contributed by atoms with Crippen LogP contribution in [0.5, 0.6) is 0 Å². The van der Waals surface area contributed by atoms with Crippen LogP contribution in [0, 0.1) is 23.7 Å². The molecule has 2 unspecified atom stereocenters. The molecule has 4 atom stereocenters. The van der Waals surface area contributed by atoms with Crippen molar-refractivity contribution < 1.29 is 0 Å². The third kappa shape index (κ3) is 0.448. The average molecular weight is 132 g/mol. The molecule has 0 spiro atoms. The van der Waals surface area contributed by atoms with Crippen LogP contribution >= 0.6 is 0 Å². The normalized spacial score (nSPS) is 54.4. The van der Waals surface area contributed by atoms with Crippen LogP contribution in [0.4, 0.5) is 0 Å². The van der Waals surface area contributed by atoms with E-state index in [0.717, 1.165) is 23.7 Å². The van der Waals surface area contributed by atoms with Crippen LogP contribution in [0.3, 0.4) is 0 Å². The molecule has 1 fully saturated rings. The largest absolute Gasteiger partial charge is 0.0879 e.